The third-order valence-electron chi connectivity index (χ3n) is 4.63. The van der Waals surface area contributed by atoms with Crippen molar-refractivity contribution in [3.05, 3.63) is 36.2 Å². The molecule has 0 aliphatic carbocycles. The summed E-state index contributed by atoms with van der Waals surface area (Å²) in [5.74, 6) is 2.08. The van der Waals surface area contributed by atoms with Crippen molar-refractivity contribution in [2.45, 2.75) is 6.54 Å². The van der Waals surface area contributed by atoms with Crippen LogP contribution in [-0.2, 0) is 18.4 Å². The largest absolute Gasteiger partial charge is 0.493 e. The summed E-state index contributed by atoms with van der Waals surface area (Å²) in [6.07, 6.45) is 3.55. The number of ether oxygens (including phenoxy) is 2. The predicted molar refractivity (Wildman–Crippen MR) is 122 cm³/mol. The van der Waals surface area contributed by atoms with Crippen LogP contribution in [0.2, 0.25) is 0 Å². The molecule has 0 radical (unpaired) electrons. The summed E-state index contributed by atoms with van der Waals surface area (Å²) < 4.78 is 12.3. The number of aliphatic imine (C=N–C) groups is 1. The number of methoxy groups -OCH3 is 2. The van der Waals surface area contributed by atoms with Crippen molar-refractivity contribution in [2.75, 3.05) is 45.8 Å². The van der Waals surface area contributed by atoms with Crippen molar-refractivity contribution in [1.82, 2.24) is 20.0 Å². The summed E-state index contributed by atoms with van der Waals surface area (Å²) >= 11 is 0. The highest BCUT2D eigenvalue weighted by molar-refractivity contribution is 14.0. The van der Waals surface area contributed by atoms with E-state index < -0.39 is 0 Å². The number of anilines is 1. The van der Waals surface area contributed by atoms with Crippen LogP contribution < -0.4 is 19.7 Å². The van der Waals surface area contributed by atoms with Gasteiger partial charge in [-0.1, -0.05) is 6.07 Å². The number of carbonyl (C=O) groups excluding carboxylic acids is 1. The highest BCUT2D eigenvalue weighted by Gasteiger charge is 2.27. The normalized spacial score (nSPS) is 14.5. The number of rotatable bonds is 5. The first kappa shape index (κ1) is 22.8. The van der Waals surface area contributed by atoms with Crippen LogP contribution in [0.25, 0.3) is 0 Å². The number of nitrogens with zero attached hydrogens (tertiary/aromatic N) is 5. The highest BCUT2D eigenvalue weighted by Crippen LogP contribution is 2.27. The van der Waals surface area contributed by atoms with Crippen LogP contribution in [0.4, 0.5) is 5.69 Å². The fraction of sp³-hybridized carbons (Fsp3) is 0.421. The average Bonchev–Trinajstić information content (AvgIpc) is 3.14. The minimum absolute atomic E-state index is 0. The van der Waals surface area contributed by atoms with E-state index in [9.17, 15) is 4.79 Å². The van der Waals surface area contributed by atoms with Gasteiger partial charge in [0.25, 0.3) is 0 Å². The molecule has 1 saturated heterocycles. The fourth-order valence-corrected chi connectivity index (χ4v) is 3.18. The lowest BCUT2D eigenvalue weighted by molar-refractivity contribution is -0.120. The molecule has 9 nitrogen and oxygen atoms in total. The van der Waals surface area contributed by atoms with Gasteiger partial charge in [-0.05, 0) is 17.7 Å². The van der Waals surface area contributed by atoms with Gasteiger partial charge in [0.1, 0.15) is 6.54 Å². The molecule has 1 amide bonds. The predicted octanol–water partition coefficient (Wildman–Crippen LogP) is 1.48. The van der Waals surface area contributed by atoms with Gasteiger partial charge in [-0.25, -0.2) is 0 Å². The Morgan fingerprint density at radius 1 is 1.24 bits per heavy atom. The van der Waals surface area contributed by atoms with Crippen molar-refractivity contribution >= 4 is 41.5 Å². The van der Waals surface area contributed by atoms with Gasteiger partial charge in [0.15, 0.2) is 17.5 Å². The highest BCUT2D eigenvalue weighted by atomic mass is 127. The van der Waals surface area contributed by atoms with Crippen molar-refractivity contribution in [2.24, 2.45) is 12.0 Å². The lowest BCUT2D eigenvalue weighted by atomic mass is 10.2. The van der Waals surface area contributed by atoms with Crippen molar-refractivity contribution in [1.29, 1.82) is 0 Å². The molecule has 0 bridgehead atoms. The minimum atomic E-state index is 0. The zero-order chi connectivity index (χ0) is 20.1. The van der Waals surface area contributed by atoms with Gasteiger partial charge in [-0.2, -0.15) is 5.10 Å². The van der Waals surface area contributed by atoms with Crippen molar-refractivity contribution in [3.8, 4) is 11.5 Å². The van der Waals surface area contributed by atoms with Crippen molar-refractivity contribution < 1.29 is 14.3 Å². The number of halogens is 1. The Kier molecular flexibility index (Phi) is 8.11. The summed E-state index contributed by atoms with van der Waals surface area (Å²) in [5.41, 5.74) is 1.85. The molecule has 1 aromatic heterocycles. The van der Waals surface area contributed by atoms with E-state index in [4.69, 9.17) is 9.47 Å². The van der Waals surface area contributed by atoms with Gasteiger partial charge < -0.3 is 24.6 Å². The molecule has 29 heavy (non-hydrogen) atoms. The average molecular weight is 514 g/mol. The Bertz CT molecular complexity index is 869. The smallest absolute Gasteiger partial charge is 0.246 e. The molecule has 2 aromatic rings. The number of amides is 1. The van der Waals surface area contributed by atoms with Crippen LogP contribution in [0, 0.1) is 0 Å². The molecule has 1 fully saturated rings. The fourth-order valence-electron chi connectivity index (χ4n) is 3.18. The van der Waals surface area contributed by atoms with Gasteiger partial charge in [-0.15, -0.1) is 24.0 Å². The molecule has 3 rings (SSSR count). The number of carbonyl (C=O) groups is 1. The third kappa shape index (κ3) is 5.31. The van der Waals surface area contributed by atoms with E-state index in [1.807, 2.05) is 36.3 Å². The summed E-state index contributed by atoms with van der Waals surface area (Å²) in [7, 11) is 6.78. The second-order valence-electron chi connectivity index (χ2n) is 6.43. The van der Waals surface area contributed by atoms with Crippen LogP contribution in [0.15, 0.2) is 35.6 Å². The van der Waals surface area contributed by atoms with E-state index >= 15 is 0 Å². The molecule has 1 aliphatic rings. The molecule has 0 atom stereocenters. The van der Waals surface area contributed by atoms with Crippen LogP contribution in [-0.4, -0.2) is 67.4 Å². The molecular formula is C19H27IN6O3. The Labute approximate surface area is 187 Å². The number of benzene rings is 1. The number of hydrogen-bond acceptors (Lipinski definition) is 5. The first-order valence-electron chi connectivity index (χ1n) is 9.01. The summed E-state index contributed by atoms with van der Waals surface area (Å²) in [6.45, 7) is 2.10. The Balaban J connectivity index is 0.00000300. The Hall–Kier alpha value is -2.50. The van der Waals surface area contributed by atoms with Gasteiger partial charge in [0.2, 0.25) is 5.91 Å². The maximum absolute atomic E-state index is 12.6. The van der Waals surface area contributed by atoms with E-state index in [0.29, 0.717) is 37.1 Å². The first-order valence-corrected chi connectivity index (χ1v) is 9.01. The molecule has 1 aromatic carbocycles. The van der Waals surface area contributed by atoms with Crippen LogP contribution >= 0.6 is 24.0 Å². The number of piperazine rings is 1. The molecule has 158 valence electrons. The molecule has 0 spiro atoms. The van der Waals surface area contributed by atoms with Gasteiger partial charge >= 0.3 is 0 Å². The van der Waals surface area contributed by atoms with E-state index in [1.54, 1.807) is 37.0 Å². The second kappa shape index (κ2) is 10.3. The monoisotopic (exact) mass is 514 g/mol. The lowest BCUT2D eigenvalue weighted by Gasteiger charge is -2.35. The molecule has 1 aliphatic heterocycles. The van der Waals surface area contributed by atoms with Crippen LogP contribution in [0.3, 0.4) is 0 Å². The van der Waals surface area contributed by atoms with Crippen LogP contribution in [0.1, 0.15) is 5.56 Å². The number of aromatic nitrogens is 2. The van der Waals surface area contributed by atoms with Gasteiger partial charge in [-0.3, -0.25) is 14.5 Å². The topological polar surface area (TPSA) is 84.2 Å². The zero-order valence-electron chi connectivity index (χ0n) is 17.1. The minimum Gasteiger partial charge on any atom is -0.493 e. The maximum Gasteiger partial charge on any atom is 0.246 e. The quantitative estimate of drug-likeness (QED) is 0.370. The van der Waals surface area contributed by atoms with Crippen LogP contribution in [0.5, 0.6) is 11.5 Å². The SMILES string of the molecule is CN=C(NCc1ccc(OC)c(OC)c1)N1CCN(c2cnn(C)c2)C(=O)C1.I. The van der Waals surface area contributed by atoms with Gasteiger partial charge in [0, 0.05) is 39.9 Å². The Morgan fingerprint density at radius 2 is 2.00 bits per heavy atom. The summed E-state index contributed by atoms with van der Waals surface area (Å²) in [6, 6.07) is 5.76. The second-order valence-corrected chi connectivity index (χ2v) is 6.43. The van der Waals surface area contributed by atoms with Gasteiger partial charge in [0.05, 0.1) is 26.1 Å². The molecular weight excluding hydrogens is 487 g/mol. The summed E-state index contributed by atoms with van der Waals surface area (Å²) in [4.78, 5) is 20.6. The van der Waals surface area contributed by atoms with E-state index in [1.165, 1.54) is 0 Å². The van der Waals surface area contributed by atoms with E-state index in [-0.39, 0.29) is 36.4 Å². The third-order valence-corrected chi connectivity index (χ3v) is 4.63. The molecule has 10 heteroatoms. The molecule has 0 saturated carbocycles. The van der Waals surface area contributed by atoms with E-state index in [2.05, 4.69) is 15.4 Å². The maximum atomic E-state index is 12.6. The molecule has 1 N–H and O–H groups in total. The number of hydrogen-bond donors (Lipinski definition) is 1. The molecule has 0 unspecified atom stereocenters. The summed E-state index contributed by atoms with van der Waals surface area (Å²) in [5, 5.41) is 7.46. The number of guanidine groups is 1. The van der Waals surface area contributed by atoms with Crippen molar-refractivity contribution in [3.63, 3.8) is 0 Å². The van der Waals surface area contributed by atoms with E-state index in [0.717, 1.165) is 11.3 Å². The zero-order valence-corrected chi connectivity index (χ0v) is 19.4. The lowest BCUT2D eigenvalue weighted by Crippen LogP contribution is -2.55. The molecule has 2 heterocycles. The Morgan fingerprint density at radius 3 is 2.59 bits per heavy atom. The number of aryl methyl sites for hydroxylation is 1. The number of nitrogens with one attached hydrogen (secondary N) is 1. The standard InChI is InChI=1S/C19H26N6O3.HI/c1-20-19(21-10-14-5-6-16(27-3)17(9-14)28-4)24-7-8-25(18(26)13-24)15-11-22-23(2)12-15;/h5-6,9,11-12H,7-8,10,13H2,1-4H3,(H,20,21);1H. The first-order chi connectivity index (χ1) is 13.5.